The smallest absolute Gasteiger partial charge is 0.170 e. The van der Waals surface area contributed by atoms with Gasteiger partial charge in [0.1, 0.15) is 0 Å². The van der Waals surface area contributed by atoms with Crippen LogP contribution >= 0.6 is 0 Å². The Morgan fingerprint density at radius 2 is 0.722 bits per heavy atom. The minimum absolute atomic E-state index is 0.247. The summed E-state index contributed by atoms with van der Waals surface area (Å²) in [4.78, 5) is 0. The van der Waals surface area contributed by atoms with Gasteiger partial charge in [-0.2, -0.15) is 26.3 Å². The molecule has 0 N–H and O–H groups in total. The number of rotatable bonds is 1. The molecule has 0 aromatic carbocycles. The molecule has 0 amide bonds. The summed E-state index contributed by atoms with van der Waals surface area (Å²) in [6, 6.07) is 0. The molecule has 0 nitrogen and oxygen atoms in total. The molecule has 2 aliphatic carbocycles. The molecule has 2 saturated carbocycles. The molecule has 18 heavy (non-hydrogen) atoms. The van der Waals surface area contributed by atoms with Crippen LogP contribution in [0.15, 0.2) is 0 Å². The van der Waals surface area contributed by atoms with E-state index in [0.29, 0.717) is 0 Å². The van der Waals surface area contributed by atoms with Crippen LogP contribution in [0.2, 0.25) is 0 Å². The molecule has 2 rings (SSSR count). The van der Waals surface area contributed by atoms with Crippen molar-refractivity contribution >= 4 is 0 Å². The van der Waals surface area contributed by atoms with Crippen molar-refractivity contribution in [1.29, 1.82) is 0 Å². The highest BCUT2D eigenvalue weighted by atomic mass is 19.4. The first-order valence-electron chi connectivity index (χ1n) is 6.30. The molecule has 2 fully saturated rings. The predicted molar refractivity (Wildman–Crippen MR) is 53.9 cm³/mol. The van der Waals surface area contributed by atoms with Gasteiger partial charge in [-0.05, 0) is 25.7 Å². The summed E-state index contributed by atoms with van der Waals surface area (Å²) in [6.07, 6.45) is -9.99. The highest BCUT2D eigenvalue weighted by molar-refractivity contribution is 5.09. The van der Waals surface area contributed by atoms with Crippen molar-refractivity contribution in [3.05, 3.63) is 0 Å². The summed E-state index contributed by atoms with van der Waals surface area (Å²) in [5.74, 6) is 0. The first-order valence-corrected chi connectivity index (χ1v) is 6.30. The lowest BCUT2D eigenvalue weighted by Gasteiger charge is -2.48. The molecule has 0 unspecified atom stereocenters. The molecule has 0 spiro atoms. The standard InChI is InChI=1S/C12H16F6/c13-11(14,15)9(5-1-2-6-9)10(12(16,17)18)7-3-4-8-10/h1-8H2. The van der Waals surface area contributed by atoms with E-state index in [0.717, 1.165) is 0 Å². The number of hydrogen-bond donors (Lipinski definition) is 0. The zero-order valence-electron chi connectivity index (χ0n) is 9.92. The molecule has 0 saturated heterocycles. The van der Waals surface area contributed by atoms with Crippen molar-refractivity contribution in [3.63, 3.8) is 0 Å². The monoisotopic (exact) mass is 274 g/mol. The molecular weight excluding hydrogens is 258 g/mol. The highest BCUT2D eigenvalue weighted by Crippen LogP contribution is 2.70. The third-order valence-electron chi connectivity index (χ3n) is 4.92. The topological polar surface area (TPSA) is 0 Å². The highest BCUT2D eigenvalue weighted by Gasteiger charge is 2.75. The molecule has 2 aliphatic rings. The lowest BCUT2D eigenvalue weighted by atomic mass is 9.59. The van der Waals surface area contributed by atoms with E-state index in [-0.39, 0.29) is 51.4 Å². The van der Waals surface area contributed by atoms with E-state index in [1.54, 1.807) is 0 Å². The summed E-state index contributed by atoms with van der Waals surface area (Å²) >= 11 is 0. The summed E-state index contributed by atoms with van der Waals surface area (Å²) < 4.78 is 80.1. The van der Waals surface area contributed by atoms with Crippen LogP contribution in [-0.4, -0.2) is 12.4 Å². The lowest BCUT2D eigenvalue weighted by molar-refractivity contribution is -0.339. The Balaban J connectivity index is 2.52. The van der Waals surface area contributed by atoms with Gasteiger partial charge in [0.2, 0.25) is 0 Å². The second-order valence-electron chi connectivity index (χ2n) is 5.57. The Morgan fingerprint density at radius 1 is 0.500 bits per heavy atom. The van der Waals surface area contributed by atoms with Crippen LogP contribution in [0.3, 0.4) is 0 Å². The Bertz CT molecular complexity index is 270. The first-order chi connectivity index (χ1) is 8.16. The van der Waals surface area contributed by atoms with Crippen LogP contribution in [0.25, 0.3) is 0 Å². The second kappa shape index (κ2) is 4.04. The maximum absolute atomic E-state index is 13.3. The second-order valence-corrected chi connectivity index (χ2v) is 5.57. The van der Waals surface area contributed by atoms with Crippen molar-refractivity contribution < 1.29 is 26.3 Å². The van der Waals surface area contributed by atoms with E-state index in [1.165, 1.54) is 0 Å². The molecule has 0 bridgehead atoms. The van der Waals surface area contributed by atoms with Crippen molar-refractivity contribution in [2.45, 2.75) is 63.7 Å². The number of alkyl halides is 6. The van der Waals surface area contributed by atoms with Gasteiger partial charge in [0.25, 0.3) is 0 Å². The van der Waals surface area contributed by atoms with Crippen molar-refractivity contribution in [1.82, 2.24) is 0 Å². The molecule has 0 radical (unpaired) electrons. The number of halogens is 6. The van der Waals surface area contributed by atoms with Crippen LogP contribution in [0.1, 0.15) is 51.4 Å². The normalized spacial score (nSPS) is 27.7. The van der Waals surface area contributed by atoms with Crippen molar-refractivity contribution in [2.75, 3.05) is 0 Å². The van der Waals surface area contributed by atoms with Gasteiger partial charge in [-0.3, -0.25) is 0 Å². The SMILES string of the molecule is FC(F)(F)C1(C2(C(F)(F)F)CCCC2)CCCC1. The van der Waals surface area contributed by atoms with Crippen LogP contribution in [-0.2, 0) is 0 Å². The van der Waals surface area contributed by atoms with E-state index in [2.05, 4.69) is 0 Å². The summed E-state index contributed by atoms with van der Waals surface area (Å²) in [5.41, 5.74) is -5.07. The van der Waals surface area contributed by atoms with Gasteiger partial charge >= 0.3 is 12.4 Å². The number of hydrogen-bond acceptors (Lipinski definition) is 0. The largest absolute Gasteiger partial charge is 0.395 e. The molecule has 106 valence electrons. The minimum Gasteiger partial charge on any atom is -0.170 e. The van der Waals surface area contributed by atoms with Gasteiger partial charge in [-0.25, -0.2) is 0 Å². The van der Waals surface area contributed by atoms with Crippen LogP contribution in [0, 0.1) is 10.8 Å². The summed E-state index contributed by atoms with van der Waals surface area (Å²) in [6.45, 7) is 0. The van der Waals surface area contributed by atoms with Gasteiger partial charge in [0.05, 0.1) is 10.8 Å². The van der Waals surface area contributed by atoms with Gasteiger partial charge in [-0.1, -0.05) is 25.7 Å². The Morgan fingerprint density at radius 3 is 0.889 bits per heavy atom. The quantitative estimate of drug-likeness (QED) is 0.574. The molecule has 0 atom stereocenters. The fourth-order valence-electron chi connectivity index (χ4n) is 4.02. The average Bonchev–Trinajstić information content (AvgIpc) is 2.85. The average molecular weight is 274 g/mol. The predicted octanol–water partition coefficient (Wildman–Crippen LogP) is 5.23. The van der Waals surface area contributed by atoms with Crippen LogP contribution in [0.5, 0.6) is 0 Å². The van der Waals surface area contributed by atoms with E-state index >= 15 is 0 Å². The molecule has 0 aliphatic heterocycles. The minimum atomic E-state index is -4.76. The van der Waals surface area contributed by atoms with Crippen molar-refractivity contribution in [3.8, 4) is 0 Å². The van der Waals surface area contributed by atoms with E-state index in [1.807, 2.05) is 0 Å². The fraction of sp³-hybridized carbons (Fsp3) is 1.00. The van der Waals surface area contributed by atoms with Gasteiger partial charge in [0.15, 0.2) is 0 Å². The maximum Gasteiger partial charge on any atom is 0.395 e. The summed E-state index contributed by atoms with van der Waals surface area (Å²) in [5, 5.41) is 0. The zero-order valence-corrected chi connectivity index (χ0v) is 9.92. The molecule has 0 heterocycles. The molecule has 6 heteroatoms. The Hall–Kier alpha value is -0.420. The van der Waals surface area contributed by atoms with E-state index in [9.17, 15) is 26.3 Å². The van der Waals surface area contributed by atoms with Crippen molar-refractivity contribution in [2.24, 2.45) is 10.8 Å². The van der Waals surface area contributed by atoms with Crippen LogP contribution < -0.4 is 0 Å². The summed E-state index contributed by atoms with van der Waals surface area (Å²) in [7, 11) is 0. The van der Waals surface area contributed by atoms with Crippen LogP contribution in [0.4, 0.5) is 26.3 Å². The zero-order chi connectivity index (χ0) is 13.7. The first kappa shape index (κ1) is 14.0. The van der Waals surface area contributed by atoms with E-state index in [4.69, 9.17) is 0 Å². The lowest BCUT2D eigenvalue weighted by Crippen LogP contribution is -2.56. The maximum atomic E-state index is 13.3. The Labute approximate surface area is 102 Å². The fourth-order valence-corrected chi connectivity index (χ4v) is 4.02. The molecule has 0 aromatic rings. The third-order valence-corrected chi connectivity index (χ3v) is 4.92. The molecular formula is C12H16F6. The van der Waals surface area contributed by atoms with Gasteiger partial charge in [0, 0.05) is 0 Å². The van der Waals surface area contributed by atoms with E-state index < -0.39 is 23.2 Å². The van der Waals surface area contributed by atoms with Gasteiger partial charge in [-0.15, -0.1) is 0 Å². The Kier molecular flexibility index (Phi) is 3.14. The van der Waals surface area contributed by atoms with Gasteiger partial charge < -0.3 is 0 Å². The molecule has 0 aromatic heterocycles. The third kappa shape index (κ3) is 1.67.